The molecule has 6 fully saturated rings. The Morgan fingerprint density at radius 3 is 0.651 bits per heavy atom. The molecule has 0 aromatic rings. The average Bonchev–Trinajstić information content (AvgIpc) is 3.90. The van der Waals surface area contributed by atoms with Gasteiger partial charge in [0.15, 0.2) is 0 Å². The highest BCUT2D eigenvalue weighted by molar-refractivity contribution is 6.37. The molecule has 0 aromatic carbocycles. The van der Waals surface area contributed by atoms with E-state index < -0.39 is 15.1 Å². The molecule has 0 aliphatic heterocycles. The molecule has 0 radical (unpaired) electrons. The quantitative estimate of drug-likeness (QED) is 0.172. The van der Waals surface area contributed by atoms with Crippen LogP contribution in [0.5, 0.6) is 0 Å². The Kier molecular flexibility index (Phi) is 11.7. The maximum atomic E-state index is 8.00. The van der Waals surface area contributed by atoms with Crippen LogP contribution in [0.25, 0.3) is 0 Å². The first kappa shape index (κ1) is 33.3. The van der Waals surface area contributed by atoms with E-state index >= 15 is 0 Å². The van der Waals surface area contributed by atoms with Crippen molar-refractivity contribution in [2.75, 3.05) is 0 Å². The molecule has 43 heavy (non-hydrogen) atoms. The molecule has 246 valence electrons. The molecule has 4 heteroatoms. The molecule has 6 saturated carbocycles. The summed E-state index contributed by atoms with van der Waals surface area (Å²) in [6.45, 7) is 7.43. The van der Waals surface area contributed by atoms with E-state index in [1.165, 1.54) is 154 Å². The average molecular weight is 613 g/mol. The normalized spacial score (nSPS) is 26.6. The third kappa shape index (κ3) is 6.60. The zero-order chi connectivity index (χ0) is 29.8. The van der Waals surface area contributed by atoms with E-state index in [2.05, 4.69) is 20.8 Å². The Morgan fingerprint density at radius 1 is 0.349 bits per heavy atom. The van der Waals surface area contributed by atoms with Gasteiger partial charge in [-0.25, -0.2) is 0 Å². The van der Waals surface area contributed by atoms with Gasteiger partial charge in [-0.3, -0.25) is 0 Å². The minimum atomic E-state index is -2.50. The van der Waals surface area contributed by atoms with Gasteiger partial charge in [-0.1, -0.05) is 97.8 Å². The SMILES string of the molecule is CCC([O][Al]([O]C(CC)(C1CCCC1)C1CCCC1)[O]C(CC)(C1CCCC1)C1CCCC1)(C1CCCC1)C1CCCC1. The van der Waals surface area contributed by atoms with Crippen LogP contribution in [0.4, 0.5) is 0 Å². The highest BCUT2D eigenvalue weighted by atomic mass is 27.3. The zero-order valence-corrected chi connectivity index (χ0v) is 30.0. The molecule has 0 N–H and O–H groups in total. The fourth-order valence-electron chi connectivity index (χ4n) is 12.7. The number of rotatable bonds is 15. The molecule has 0 atom stereocenters. The minimum absolute atomic E-state index is 0.0282. The minimum Gasteiger partial charge on any atom is -0.449 e. The highest BCUT2D eigenvalue weighted by Gasteiger charge is 2.60. The van der Waals surface area contributed by atoms with Crippen molar-refractivity contribution in [3.05, 3.63) is 0 Å². The molecule has 0 amide bonds. The van der Waals surface area contributed by atoms with Crippen molar-refractivity contribution in [3.63, 3.8) is 0 Å². The van der Waals surface area contributed by atoms with Crippen molar-refractivity contribution in [2.24, 2.45) is 35.5 Å². The second kappa shape index (κ2) is 15.1. The monoisotopic (exact) mass is 613 g/mol. The summed E-state index contributed by atoms with van der Waals surface area (Å²) in [5.41, 5.74) is -0.0847. The summed E-state index contributed by atoms with van der Waals surface area (Å²) < 4.78 is 24.0. The van der Waals surface area contributed by atoms with Crippen LogP contribution >= 0.6 is 0 Å². The van der Waals surface area contributed by atoms with Gasteiger partial charge in [-0.15, -0.1) is 0 Å². The Balaban J connectivity index is 1.40. The third-order valence-electron chi connectivity index (χ3n) is 14.9. The van der Waals surface area contributed by atoms with Gasteiger partial charge < -0.3 is 11.4 Å². The van der Waals surface area contributed by atoms with Crippen LogP contribution in [0.3, 0.4) is 0 Å². The summed E-state index contributed by atoms with van der Waals surface area (Å²) in [5.74, 6) is 4.20. The molecule has 6 rings (SSSR count). The molecule has 0 heterocycles. The lowest BCUT2D eigenvalue weighted by Gasteiger charge is -2.52. The van der Waals surface area contributed by atoms with Crippen LogP contribution in [-0.4, -0.2) is 32.0 Å². The first-order valence-corrected chi connectivity index (χ1v) is 21.5. The fourth-order valence-corrected chi connectivity index (χ4v) is 15.5. The predicted octanol–water partition coefficient (Wildman–Crippen LogP) is 11.6. The second-order valence-corrected chi connectivity index (χ2v) is 17.7. The molecule has 3 nitrogen and oxygen atoms in total. The molecule has 6 aliphatic carbocycles. The molecule has 0 bridgehead atoms. The van der Waals surface area contributed by atoms with Gasteiger partial charge in [0.2, 0.25) is 0 Å². The van der Waals surface area contributed by atoms with Gasteiger partial charge in [0.1, 0.15) is 0 Å². The van der Waals surface area contributed by atoms with Gasteiger partial charge in [0, 0.05) is 16.8 Å². The molecule has 0 aromatic heterocycles. The van der Waals surface area contributed by atoms with Crippen molar-refractivity contribution in [2.45, 2.75) is 211 Å². The van der Waals surface area contributed by atoms with Crippen molar-refractivity contribution in [1.29, 1.82) is 0 Å². The van der Waals surface area contributed by atoms with Crippen LogP contribution in [-0.2, 0) is 11.4 Å². The summed E-state index contributed by atoms with van der Waals surface area (Å²) >= 11 is -2.50. The van der Waals surface area contributed by atoms with Crippen molar-refractivity contribution in [1.82, 2.24) is 0 Å². The Morgan fingerprint density at radius 2 is 0.512 bits per heavy atom. The van der Waals surface area contributed by atoms with Crippen LogP contribution in [0, 0.1) is 35.5 Å². The molecule has 6 aliphatic rings. The Bertz CT molecular complexity index is 666. The van der Waals surface area contributed by atoms with Gasteiger partial charge in [-0.2, -0.15) is 0 Å². The lowest BCUT2D eigenvalue weighted by atomic mass is 9.73. The van der Waals surface area contributed by atoms with Crippen molar-refractivity contribution < 1.29 is 11.4 Å². The number of hydrogen-bond acceptors (Lipinski definition) is 3. The maximum absolute atomic E-state index is 8.00. The maximum Gasteiger partial charge on any atom is 0.906 e. The summed E-state index contributed by atoms with van der Waals surface area (Å²) in [5, 5.41) is 0. The summed E-state index contributed by atoms with van der Waals surface area (Å²) in [4.78, 5) is 0. The Hall–Kier alpha value is 0.412. The van der Waals surface area contributed by atoms with Crippen LogP contribution in [0.2, 0.25) is 0 Å². The largest absolute Gasteiger partial charge is 0.906 e. The molecule has 0 saturated heterocycles. The molecular weight excluding hydrogens is 543 g/mol. The first-order valence-electron chi connectivity index (χ1n) is 20.1. The van der Waals surface area contributed by atoms with E-state index in [4.69, 9.17) is 11.4 Å². The van der Waals surface area contributed by atoms with Gasteiger partial charge in [0.05, 0.1) is 0 Å². The second-order valence-electron chi connectivity index (χ2n) is 16.5. The highest BCUT2D eigenvalue weighted by Crippen LogP contribution is 2.54. The first-order chi connectivity index (χ1) is 21.1. The standard InChI is InChI=1S/3C13H23O.Al/c3*1-2-13(14,11-7-3-4-8-11)12-9-5-6-10-12;/h3*11-12H,2-10H2,1H3;/q3*-1;+3. The van der Waals surface area contributed by atoms with E-state index in [1.807, 2.05) is 0 Å². The van der Waals surface area contributed by atoms with Gasteiger partial charge in [-0.05, 0) is 132 Å². The van der Waals surface area contributed by atoms with Crippen LogP contribution < -0.4 is 0 Å². The summed E-state index contributed by atoms with van der Waals surface area (Å²) in [7, 11) is 0. The topological polar surface area (TPSA) is 27.7 Å². The summed E-state index contributed by atoms with van der Waals surface area (Å²) in [6, 6.07) is 0. The predicted molar refractivity (Wildman–Crippen MR) is 180 cm³/mol. The lowest BCUT2D eigenvalue weighted by Crippen LogP contribution is -2.59. The van der Waals surface area contributed by atoms with Gasteiger partial charge >= 0.3 is 15.1 Å². The smallest absolute Gasteiger partial charge is 0.449 e. The van der Waals surface area contributed by atoms with E-state index in [0.29, 0.717) is 35.5 Å². The Labute approximate surface area is 272 Å². The van der Waals surface area contributed by atoms with Crippen molar-refractivity contribution >= 4 is 15.1 Å². The van der Waals surface area contributed by atoms with Gasteiger partial charge in [0.25, 0.3) is 0 Å². The fraction of sp³-hybridized carbons (Fsp3) is 1.00. The van der Waals surface area contributed by atoms with Crippen LogP contribution in [0.15, 0.2) is 0 Å². The molecule has 0 spiro atoms. The summed E-state index contributed by atoms with van der Waals surface area (Å²) in [6.07, 6.45) is 36.5. The van der Waals surface area contributed by atoms with E-state index in [0.717, 1.165) is 19.3 Å². The van der Waals surface area contributed by atoms with Crippen molar-refractivity contribution in [3.8, 4) is 0 Å². The van der Waals surface area contributed by atoms with Crippen LogP contribution in [0.1, 0.15) is 194 Å². The van der Waals surface area contributed by atoms with E-state index in [9.17, 15) is 0 Å². The van der Waals surface area contributed by atoms with E-state index in [-0.39, 0.29) is 16.8 Å². The third-order valence-corrected chi connectivity index (χ3v) is 16.8. The lowest BCUT2D eigenvalue weighted by molar-refractivity contribution is -0.168. The number of hydrogen-bond donors (Lipinski definition) is 0. The molecular formula is C39H69AlO3. The molecule has 0 unspecified atom stereocenters. The van der Waals surface area contributed by atoms with E-state index in [1.54, 1.807) is 0 Å². The zero-order valence-electron chi connectivity index (χ0n) is 28.9.